The maximum atomic E-state index is 4.08. The van der Waals surface area contributed by atoms with E-state index in [1.807, 2.05) is 11.8 Å². The zero-order valence-corrected chi connectivity index (χ0v) is 11.2. The summed E-state index contributed by atoms with van der Waals surface area (Å²) in [5, 5.41) is 0.484. The molecule has 1 aromatic carbocycles. The van der Waals surface area contributed by atoms with Gasteiger partial charge in [0.15, 0.2) is 0 Å². The summed E-state index contributed by atoms with van der Waals surface area (Å²) in [5.74, 6) is 0. The third-order valence-corrected chi connectivity index (χ3v) is 3.74. The van der Waals surface area contributed by atoms with Crippen LogP contribution < -0.4 is 0 Å². The first-order valence-corrected chi connectivity index (χ1v) is 6.48. The maximum absolute atomic E-state index is 4.08. The second kappa shape index (κ2) is 6.59. The van der Waals surface area contributed by atoms with E-state index in [2.05, 4.69) is 63.8 Å². The van der Waals surface area contributed by atoms with Gasteiger partial charge in [0, 0.05) is 10.1 Å². The van der Waals surface area contributed by atoms with E-state index in [9.17, 15) is 0 Å². The molecule has 1 rings (SSSR count). The normalized spacial score (nSPS) is 11.9. The molecule has 0 aromatic heterocycles. The standard InChI is InChI=1S/C15H20S/c1-12(2)10-11-15(13(3)4)16-14-8-6-5-7-9-14/h5-10,15H,3,11H2,1-2,4H3. The fourth-order valence-electron chi connectivity index (χ4n) is 1.36. The van der Waals surface area contributed by atoms with Crippen molar-refractivity contribution in [2.45, 2.75) is 37.3 Å². The molecule has 0 radical (unpaired) electrons. The molecule has 1 unspecified atom stereocenters. The zero-order valence-electron chi connectivity index (χ0n) is 10.4. The summed E-state index contributed by atoms with van der Waals surface area (Å²) in [6.45, 7) is 10.5. The van der Waals surface area contributed by atoms with Crippen molar-refractivity contribution in [1.82, 2.24) is 0 Å². The maximum Gasteiger partial charge on any atom is 0.0333 e. The molecule has 86 valence electrons. The Hall–Kier alpha value is -0.950. The van der Waals surface area contributed by atoms with Crippen molar-refractivity contribution in [3.05, 3.63) is 54.1 Å². The molecule has 0 N–H and O–H groups in total. The van der Waals surface area contributed by atoms with E-state index in [1.54, 1.807) is 0 Å². The molecule has 1 atom stereocenters. The van der Waals surface area contributed by atoms with Crippen LogP contribution in [0.5, 0.6) is 0 Å². The highest BCUT2D eigenvalue weighted by Gasteiger charge is 2.09. The van der Waals surface area contributed by atoms with Gasteiger partial charge >= 0.3 is 0 Å². The Bertz CT molecular complexity index is 358. The van der Waals surface area contributed by atoms with E-state index in [0.29, 0.717) is 5.25 Å². The summed E-state index contributed by atoms with van der Waals surface area (Å²) in [6.07, 6.45) is 3.35. The SMILES string of the molecule is C=C(C)C(CC=C(C)C)Sc1ccccc1. The molecule has 0 nitrogen and oxygen atoms in total. The second-order valence-electron chi connectivity index (χ2n) is 4.28. The minimum atomic E-state index is 0.484. The minimum absolute atomic E-state index is 0.484. The highest BCUT2D eigenvalue weighted by atomic mass is 32.2. The highest BCUT2D eigenvalue weighted by molar-refractivity contribution is 8.00. The van der Waals surface area contributed by atoms with Crippen LogP contribution in [0.4, 0.5) is 0 Å². The molecule has 0 bridgehead atoms. The smallest absolute Gasteiger partial charge is 0.0333 e. The Labute approximate surface area is 103 Å². The molecule has 1 heteroatoms. The molecular formula is C15H20S. The Morgan fingerprint density at radius 2 is 1.88 bits per heavy atom. The zero-order chi connectivity index (χ0) is 12.0. The third-order valence-electron chi connectivity index (χ3n) is 2.31. The van der Waals surface area contributed by atoms with Gasteiger partial charge in [0.05, 0.1) is 0 Å². The molecule has 0 saturated heterocycles. The summed E-state index contributed by atoms with van der Waals surface area (Å²) < 4.78 is 0. The monoisotopic (exact) mass is 232 g/mol. The van der Waals surface area contributed by atoms with Gasteiger partial charge in [0.1, 0.15) is 0 Å². The predicted molar refractivity (Wildman–Crippen MR) is 74.9 cm³/mol. The molecular weight excluding hydrogens is 212 g/mol. The first kappa shape index (κ1) is 13.1. The van der Waals surface area contributed by atoms with Crippen LogP contribution in [-0.2, 0) is 0 Å². The fourth-order valence-corrected chi connectivity index (χ4v) is 2.39. The first-order valence-electron chi connectivity index (χ1n) is 5.60. The molecule has 1 aromatic rings. The molecule has 0 fully saturated rings. The quantitative estimate of drug-likeness (QED) is 0.504. The molecule has 0 aliphatic rings. The Balaban J connectivity index is 2.66. The lowest BCUT2D eigenvalue weighted by Gasteiger charge is -2.14. The Kier molecular flexibility index (Phi) is 5.41. The summed E-state index contributed by atoms with van der Waals surface area (Å²) in [6, 6.07) is 10.5. The third kappa shape index (κ3) is 4.71. The van der Waals surface area contributed by atoms with E-state index < -0.39 is 0 Å². The van der Waals surface area contributed by atoms with Crippen molar-refractivity contribution < 1.29 is 0 Å². The number of rotatable bonds is 5. The van der Waals surface area contributed by atoms with Gasteiger partial charge in [-0.15, -0.1) is 11.8 Å². The van der Waals surface area contributed by atoms with Gasteiger partial charge in [0.2, 0.25) is 0 Å². The van der Waals surface area contributed by atoms with Crippen molar-refractivity contribution in [2.75, 3.05) is 0 Å². The van der Waals surface area contributed by atoms with Crippen molar-refractivity contribution in [3.8, 4) is 0 Å². The number of hydrogen-bond donors (Lipinski definition) is 0. The lowest BCUT2D eigenvalue weighted by molar-refractivity contribution is 0.991. The van der Waals surface area contributed by atoms with Crippen LogP contribution >= 0.6 is 11.8 Å². The van der Waals surface area contributed by atoms with Crippen LogP contribution in [0.3, 0.4) is 0 Å². The summed E-state index contributed by atoms with van der Waals surface area (Å²) in [5.41, 5.74) is 2.62. The van der Waals surface area contributed by atoms with Crippen LogP contribution in [0.2, 0.25) is 0 Å². The minimum Gasteiger partial charge on any atom is -0.118 e. The molecule has 0 heterocycles. The lowest BCUT2D eigenvalue weighted by atomic mass is 10.1. The van der Waals surface area contributed by atoms with E-state index >= 15 is 0 Å². The number of thioether (sulfide) groups is 1. The van der Waals surface area contributed by atoms with Gasteiger partial charge < -0.3 is 0 Å². The van der Waals surface area contributed by atoms with Crippen molar-refractivity contribution >= 4 is 11.8 Å². The number of hydrogen-bond acceptors (Lipinski definition) is 1. The van der Waals surface area contributed by atoms with Crippen molar-refractivity contribution in [2.24, 2.45) is 0 Å². The fraction of sp³-hybridized carbons (Fsp3) is 0.333. The van der Waals surface area contributed by atoms with E-state index in [1.165, 1.54) is 16.0 Å². The van der Waals surface area contributed by atoms with Gasteiger partial charge in [0.25, 0.3) is 0 Å². The van der Waals surface area contributed by atoms with Crippen LogP contribution in [-0.4, -0.2) is 5.25 Å². The summed E-state index contributed by atoms with van der Waals surface area (Å²) in [4.78, 5) is 1.32. The summed E-state index contributed by atoms with van der Waals surface area (Å²) in [7, 11) is 0. The van der Waals surface area contributed by atoms with E-state index in [-0.39, 0.29) is 0 Å². The number of allylic oxidation sites excluding steroid dienone is 2. The summed E-state index contributed by atoms with van der Waals surface area (Å²) >= 11 is 1.89. The van der Waals surface area contributed by atoms with Crippen LogP contribution in [0, 0.1) is 0 Å². The lowest BCUT2D eigenvalue weighted by Crippen LogP contribution is -2.01. The molecule has 0 amide bonds. The first-order chi connectivity index (χ1) is 7.59. The highest BCUT2D eigenvalue weighted by Crippen LogP contribution is 2.29. The van der Waals surface area contributed by atoms with Crippen LogP contribution in [0.1, 0.15) is 27.2 Å². The molecule has 0 saturated carbocycles. The molecule has 0 aliphatic heterocycles. The van der Waals surface area contributed by atoms with Crippen molar-refractivity contribution in [1.29, 1.82) is 0 Å². The van der Waals surface area contributed by atoms with Gasteiger partial charge in [-0.3, -0.25) is 0 Å². The average Bonchev–Trinajstić information content (AvgIpc) is 2.25. The van der Waals surface area contributed by atoms with Gasteiger partial charge in [-0.25, -0.2) is 0 Å². The number of benzene rings is 1. The van der Waals surface area contributed by atoms with Crippen molar-refractivity contribution in [3.63, 3.8) is 0 Å². The molecule has 0 spiro atoms. The average molecular weight is 232 g/mol. The van der Waals surface area contributed by atoms with Gasteiger partial charge in [-0.2, -0.15) is 0 Å². The second-order valence-corrected chi connectivity index (χ2v) is 5.56. The van der Waals surface area contributed by atoms with Gasteiger partial charge in [-0.1, -0.05) is 42.0 Å². The molecule has 16 heavy (non-hydrogen) atoms. The Morgan fingerprint density at radius 3 is 2.38 bits per heavy atom. The topological polar surface area (TPSA) is 0 Å². The van der Waals surface area contributed by atoms with Crippen LogP contribution in [0.15, 0.2) is 59.0 Å². The van der Waals surface area contributed by atoms with Crippen LogP contribution in [0.25, 0.3) is 0 Å². The van der Waals surface area contributed by atoms with E-state index in [4.69, 9.17) is 0 Å². The predicted octanol–water partition coefficient (Wildman–Crippen LogP) is 5.08. The van der Waals surface area contributed by atoms with Gasteiger partial charge in [-0.05, 0) is 39.3 Å². The molecule has 0 aliphatic carbocycles. The van der Waals surface area contributed by atoms with E-state index in [0.717, 1.165) is 6.42 Å². The Morgan fingerprint density at radius 1 is 1.25 bits per heavy atom. The largest absolute Gasteiger partial charge is 0.118 e.